The van der Waals surface area contributed by atoms with Crippen molar-refractivity contribution in [1.29, 1.82) is 0 Å². The maximum absolute atomic E-state index is 13.9. The van der Waals surface area contributed by atoms with Gasteiger partial charge in [0.1, 0.15) is 11.4 Å². The number of halogens is 1. The number of aliphatic hydroxyl groups is 1. The van der Waals surface area contributed by atoms with Crippen LogP contribution in [-0.4, -0.2) is 34.6 Å². The molecular weight excluding hydrogens is 247 g/mol. The number of hydrogen-bond acceptors (Lipinski definition) is 3. The van der Waals surface area contributed by atoms with Crippen molar-refractivity contribution in [2.45, 2.75) is 26.4 Å². The SMILES string of the molecule is Cc1cc(N)cc(C(=O)N2CC(O)(C(C)C)C2)c1F. The average Bonchev–Trinajstić information content (AvgIpc) is 2.28. The first-order valence-corrected chi connectivity index (χ1v) is 6.32. The number of benzene rings is 1. The van der Waals surface area contributed by atoms with E-state index in [1.165, 1.54) is 17.0 Å². The van der Waals surface area contributed by atoms with Crippen LogP contribution in [0.1, 0.15) is 29.8 Å². The molecule has 3 N–H and O–H groups in total. The van der Waals surface area contributed by atoms with Crippen LogP contribution in [0.4, 0.5) is 10.1 Å². The van der Waals surface area contributed by atoms with Crippen molar-refractivity contribution in [1.82, 2.24) is 4.90 Å². The summed E-state index contributed by atoms with van der Waals surface area (Å²) in [6.07, 6.45) is 0. The second-order valence-electron chi connectivity index (χ2n) is 5.62. The van der Waals surface area contributed by atoms with Crippen LogP contribution in [0.15, 0.2) is 12.1 Å². The number of anilines is 1. The standard InChI is InChI=1S/C14H19FN2O2/c1-8(2)14(19)6-17(7-14)13(18)11-5-10(16)4-9(3)12(11)15/h4-5,8,19H,6-7,16H2,1-3H3. The van der Waals surface area contributed by atoms with E-state index in [1.54, 1.807) is 6.92 Å². The molecule has 1 aliphatic rings. The molecule has 0 radical (unpaired) electrons. The summed E-state index contributed by atoms with van der Waals surface area (Å²) in [6, 6.07) is 2.84. The zero-order valence-corrected chi connectivity index (χ0v) is 11.4. The van der Waals surface area contributed by atoms with E-state index in [-0.39, 0.29) is 24.6 Å². The lowest BCUT2D eigenvalue weighted by Crippen LogP contribution is -2.66. The van der Waals surface area contributed by atoms with Gasteiger partial charge >= 0.3 is 0 Å². The van der Waals surface area contributed by atoms with E-state index < -0.39 is 17.3 Å². The van der Waals surface area contributed by atoms with Gasteiger partial charge in [0, 0.05) is 5.69 Å². The number of aryl methyl sites for hydroxylation is 1. The van der Waals surface area contributed by atoms with Crippen molar-refractivity contribution in [2.75, 3.05) is 18.8 Å². The molecule has 0 spiro atoms. The lowest BCUT2D eigenvalue weighted by Gasteiger charge is -2.49. The monoisotopic (exact) mass is 266 g/mol. The molecule has 1 aliphatic heterocycles. The molecule has 0 unspecified atom stereocenters. The Morgan fingerprint density at radius 2 is 2.05 bits per heavy atom. The molecule has 4 nitrogen and oxygen atoms in total. The summed E-state index contributed by atoms with van der Waals surface area (Å²) in [6.45, 7) is 5.83. The maximum Gasteiger partial charge on any atom is 0.257 e. The molecule has 1 heterocycles. The molecule has 2 rings (SSSR count). The quantitative estimate of drug-likeness (QED) is 0.798. The number of nitrogens with zero attached hydrogens (tertiary/aromatic N) is 1. The molecule has 1 aromatic carbocycles. The molecule has 1 amide bonds. The highest BCUT2D eigenvalue weighted by Crippen LogP contribution is 2.30. The average molecular weight is 266 g/mol. The molecule has 1 aromatic rings. The van der Waals surface area contributed by atoms with Gasteiger partial charge in [-0.15, -0.1) is 0 Å². The number of rotatable bonds is 2. The number of nitrogens with two attached hydrogens (primary N) is 1. The van der Waals surface area contributed by atoms with Crippen molar-refractivity contribution in [3.8, 4) is 0 Å². The number of β-amino-alcohol motifs (C(OH)–C–C–N with tert-alkyl or cyclic N) is 1. The summed E-state index contributed by atoms with van der Waals surface area (Å²) in [5.74, 6) is -0.901. The van der Waals surface area contributed by atoms with Crippen molar-refractivity contribution < 1.29 is 14.3 Å². The Morgan fingerprint density at radius 1 is 1.47 bits per heavy atom. The minimum absolute atomic E-state index is 0.0247. The number of carbonyl (C=O) groups excluding carboxylic acids is 1. The van der Waals surface area contributed by atoms with Crippen LogP contribution in [0.3, 0.4) is 0 Å². The molecule has 1 fully saturated rings. The third-order valence-electron chi connectivity index (χ3n) is 3.80. The van der Waals surface area contributed by atoms with E-state index in [1.807, 2.05) is 13.8 Å². The first kappa shape index (κ1) is 13.8. The van der Waals surface area contributed by atoms with Crippen LogP contribution >= 0.6 is 0 Å². The fourth-order valence-electron chi connectivity index (χ4n) is 2.25. The van der Waals surface area contributed by atoms with Crippen molar-refractivity contribution >= 4 is 11.6 Å². The van der Waals surface area contributed by atoms with Gasteiger partial charge in [0.05, 0.1) is 18.7 Å². The molecule has 0 saturated carbocycles. The Morgan fingerprint density at radius 3 is 2.58 bits per heavy atom. The van der Waals surface area contributed by atoms with E-state index in [9.17, 15) is 14.3 Å². The molecule has 1 saturated heterocycles. The van der Waals surface area contributed by atoms with Crippen molar-refractivity contribution in [2.24, 2.45) is 5.92 Å². The fraction of sp³-hybridized carbons (Fsp3) is 0.500. The Hall–Kier alpha value is -1.62. The molecule has 0 aromatic heterocycles. The highest BCUT2D eigenvalue weighted by molar-refractivity contribution is 5.96. The summed E-state index contributed by atoms with van der Waals surface area (Å²) in [5.41, 5.74) is 5.47. The first-order valence-electron chi connectivity index (χ1n) is 6.32. The van der Waals surface area contributed by atoms with E-state index in [4.69, 9.17) is 5.73 Å². The maximum atomic E-state index is 13.9. The number of hydrogen-bond donors (Lipinski definition) is 2. The van der Waals surface area contributed by atoms with Gasteiger partial charge in [-0.3, -0.25) is 4.79 Å². The third kappa shape index (κ3) is 2.30. The van der Waals surface area contributed by atoms with Gasteiger partial charge in [0.25, 0.3) is 5.91 Å². The van der Waals surface area contributed by atoms with Crippen LogP contribution in [0.2, 0.25) is 0 Å². The lowest BCUT2D eigenvalue weighted by molar-refractivity contribution is -0.111. The van der Waals surface area contributed by atoms with Gasteiger partial charge < -0.3 is 15.7 Å². The van der Waals surface area contributed by atoms with Gasteiger partial charge in [-0.25, -0.2) is 4.39 Å². The largest absolute Gasteiger partial charge is 0.399 e. The zero-order chi connectivity index (χ0) is 14.4. The fourth-order valence-corrected chi connectivity index (χ4v) is 2.25. The van der Waals surface area contributed by atoms with Crippen molar-refractivity contribution in [3.05, 3.63) is 29.1 Å². The minimum atomic E-state index is -0.860. The van der Waals surface area contributed by atoms with E-state index in [0.29, 0.717) is 11.3 Å². The van der Waals surface area contributed by atoms with Gasteiger partial charge in [-0.2, -0.15) is 0 Å². The number of likely N-dealkylation sites (tertiary alicyclic amines) is 1. The topological polar surface area (TPSA) is 66.6 Å². The molecule has 19 heavy (non-hydrogen) atoms. The van der Waals surface area contributed by atoms with Crippen LogP contribution in [-0.2, 0) is 0 Å². The predicted molar refractivity (Wildman–Crippen MR) is 71.2 cm³/mol. The predicted octanol–water partition coefficient (Wildman–Crippen LogP) is 1.56. The Labute approximate surface area is 112 Å². The lowest BCUT2D eigenvalue weighted by atomic mass is 9.82. The minimum Gasteiger partial charge on any atom is -0.399 e. The van der Waals surface area contributed by atoms with Gasteiger partial charge in [-0.1, -0.05) is 13.8 Å². The van der Waals surface area contributed by atoms with Gasteiger partial charge in [-0.05, 0) is 30.5 Å². The van der Waals surface area contributed by atoms with E-state index >= 15 is 0 Å². The highest BCUT2D eigenvalue weighted by atomic mass is 19.1. The Balaban J connectivity index is 2.19. The molecule has 5 heteroatoms. The number of amides is 1. The van der Waals surface area contributed by atoms with Crippen LogP contribution in [0, 0.1) is 18.7 Å². The van der Waals surface area contributed by atoms with Crippen LogP contribution in [0.5, 0.6) is 0 Å². The smallest absolute Gasteiger partial charge is 0.257 e. The Kier molecular flexibility index (Phi) is 3.26. The molecule has 0 bridgehead atoms. The summed E-state index contributed by atoms with van der Waals surface area (Å²) < 4.78 is 13.9. The van der Waals surface area contributed by atoms with E-state index in [2.05, 4.69) is 0 Å². The Bertz CT molecular complexity index is 522. The highest BCUT2D eigenvalue weighted by Gasteiger charge is 2.46. The van der Waals surface area contributed by atoms with Gasteiger partial charge in [0.15, 0.2) is 0 Å². The summed E-state index contributed by atoms with van der Waals surface area (Å²) in [4.78, 5) is 13.6. The molecular formula is C14H19FN2O2. The normalized spacial score (nSPS) is 17.5. The number of nitrogen functional groups attached to an aromatic ring is 1. The molecule has 104 valence electrons. The second kappa shape index (κ2) is 4.49. The summed E-state index contributed by atoms with van der Waals surface area (Å²) >= 11 is 0. The van der Waals surface area contributed by atoms with E-state index in [0.717, 1.165) is 0 Å². The third-order valence-corrected chi connectivity index (χ3v) is 3.80. The van der Waals surface area contributed by atoms with Gasteiger partial charge in [0.2, 0.25) is 0 Å². The summed E-state index contributed by atoms with van der Waals surface area (Å²) in [7, 11) is 0. The van der Waals surface area contributed by atoms with Crippen LogP contribution < -0.4 is 5.73 Å². The molecule has 0 atom stereocenters. The number of carbonyl (C=O) groups is 1. The molecule has 0 aliphatic carbocycles. The van der Waals surface area contributed by atoms with Crippen molar-refractivity contribution in [3.63, 3.8) is 0 Å². The van der Waals surface area contributed by atoms with Crippen LogP contribution in [0.25, 0.3) is 0 Å². The summed E-state index contributed by atoms with van der Waals surface area (Å²) in [5, 5.41) is 10.1. The zero-order valence-electron chi connectivity index (χ0n) is 11.4. The second-order valence-corrected chi connectivity index (χ2v) is 5.62. The first-order chi connectivity index (χ1) is 8.74.